The van der Waals surface area contributed by atoms with Crippen molar-refractivity contribution < 1.29 is 8.42 Å². The highest BCUT2D eigenvalue weighted by molar-refractivity contribution is 7.89. The van der Waals surface area contributed by atoms with Crippen molar-refractivity contribution in [1.29, 1.82) is 0 Å². The van der Waals surface area contributed by atoms with E-state index >= 15 is 0 Å². The third kappa shape index (κ3) is 3.65. The van der Waals surface area contributed by atoms with Crippen molar-refractivity contribution >= 4 is 10.0 Å². The van der Waals surface area contributed by atoms with Gasteiger partial charge in [-0.2, -0.15) is 4.31 Å². The molecule has 120 valence electrons. The molecule has 0 radical (unpaired) electrons. The van der Waals surface area contributed by atoms with Crippen LogP contribution in [0, 0.1) is 0 Å². The van der Waals surface area contributed by atoms with Crippen molar-refractivity contribution in [3.05, 3.63) is 29.8 Å². The van der Waals surface area contributed by atoms with E-state index in [-0.39, 0.29) is 0 Å². The average Bonchev–Trinajstić information content (AvgIpc) is 2.50. The SMILES string of the molecule is CCCc1ccc(S(=O)(=O)N(C)C(CC)(CC)CN)cc1. The van der Waals surface area contributed by atoms with Gasteiger partial charge in [0.15, 0.2) is 0 Å². The molecule has 0 fully saturated rings. The van der Waals surface area contributed by atoms with E-state index in [0.717, 1.165) is 18.4 Å². The highest BCUT2D eigenvalue weighted by atomic mass is 32.2. The molecule has 0 spiro atoms. The minimum Gasteiger partial charge on any atom is -0.329 e. The van der Waals surface area contributed by atoms with E-state index in [4.69, 9.17) is 5.73 Å². The van der Waals surface area contributed by atoms with Crippen LogP contribution in [0.3, 0.4) is 0 Å². The molecule has 0 heterocycles. The largest absolute Gasteiger partial charge is 0.329 e. The van der Waals surface area contributed by atoms with E-state index in [9.17, 15) is 8.42 Å². The highest BCUT2D eigenvalue weighted by Gasteiger charge is 2.37. The van der Waals surface area contributed by atoms with Gasteiger partial charge < -0.3 is 5.73 Å². The summed E-state index contributed by atoms with van der Waals surface area (Å²) in [7, 11) is -1.88. The first-order valence-electron chi connectivity index (χ1n) is 7.66. The van der Waals surface area contributed by atoms with E-state index in [1.807, 2.05) is 26.0 Å². The fourth-order valence-corrected chi connectivity index (χ4v) is 4.28. The average molecular weight is 312 g/mol. The van der Waals surface area contributed by atoms with E-state index in [1.54, 1.807) is 19.2 Å². The zero-order valence-corrected chi connectivity index (χ0v) is 14.4. The van der Waals surface area contributed by atoms with Crippen molar-refractivity contribution in [3.8, 4) is 0 Å². The van der Waals surface area contributed by atoms with Gasteiger partial charge in [0.05, 0.1) is 4.90 Å². The Bertz CT molecular complexity index is 526. The third-order valence-corrected chi connectivity index (χ3v) is 6.46. The molecule has 4 nitrogen and oxygen atoms in total. The quantitative estimate of drug-likeness (QED) is 0.803. The standard InChI is InChI=1S/C16H28N2O2S/c1-5-8-14-9-11-15(12-10-14)21(19,20)18(4)16(6-2,7-3)13-17/h9-12H,5-8,13,17H2,1-4H3. The second kappa shape index (κ2) is 7.38. The number of hydrogen-bond acceptors (Lipinski definition) is 3. The van der Waals surface area contributed by atoms with Crippen molar-refractivity contribution in [3.63, 3.8) is 0 Å². The summed E-state index contributed by atoms with van der Waals surface area (Å²) in [6.07, 6.45) is 3.41. The van der Waals surface area contributed by atoms with Crippen LogP contribution in [0.1, 0.15) is 45.6 Å². The molecular formula is C16H28N2O2S. The summed E-state index contributed by atoms with van der Waals surface area (Å²) in [5.74, 6) is 0. The molecule has 0 saturated carbocycles. The Morgan fingerprint density at radius 1 is 1.10 bits per heavy atom. The molecule has 0 amide bonds. The Morgan fingerprint density at radius 3 is 2.00 bits per heavy atom. The molecular weight excluding hydrogens is 284 g/mol. The van der Waals surface area contributed by atoms with Gasteiger partial charge in [-0.25, -0.2) is 8.42 Å². The van der Waals surface area contributed by atoms with E-state index < -0.39 is 15.6 Å². The maximum absolute atomic E-state index is 12.8. The van der Waals surface area contributed by atoms with Gasteiger partial charge >= 0.3 is 0 Å². The first-order valence-corrected chi connectivity index (χ1v) is 9.10. The fraction of sp³-hybridized carbons (Fsp3) is 0.625. The molecule has 0 aromatic heterocycles. The summed E-state index contributed by atoms with van der Waals surface area (Å²) in [6, 6.07) is 7.19. The van der Waals surface area contributed by atoms with E-state index in [0.29, 0.717) is 24.3 Å². The monoisotopic (exact) mass is 312 g/mol. The number of hydrogen-bond donors (Lipinski definition) is 1. The van der Waals surface area contributed by atoms with Crippen LogP contribution in [0.25, 0.3) is 0 Å². The van der Waals surface area contributed by atoms with Gasteiger partial charge in [0, 0.05) is 19.1 Å². The van der Waals surface area contributed by atoms with Crippen LogP contribution in [-0.4, -0.2) is 31.9 Å². The minimum absolute atomic E-state index is 0.323. The maximum atomic E-state index is 12.8. The number of rotatable bonds is 8. The van der Waals surface area contributed by atoms with Crippen LogP contribution in [0.4, 0.5) is 0 Å². The number of sulfonamides is 1. The Balaban J connectivity index is 3.14. The van der Waals surface area contributed by atoms with Gasteiger partial charge in [0.2, 0.25) is 10.0 Å². The van der Waals surface area contributed by atoms with Crippen LogP contribution in [0.15, 0.2) is 29.2 Å². The third-order valence-electron chi connectivity index (χ3n) is 4.48. The molecule has 0 saturated heterocycles. The lowest BCUT2D eigenvalue weighted by Gasteiger charge is -2.38. The van der Waals surface area contributed by atoms with Gasteiger partial charge in [-0.3, -0.25) is 0 Å². The lowest BCUT2D eigenvalue weighted by Crippen LogP contribution is -2.53. The van der Waals surface area contributed by atoms with Gasteiger partial charge in [-0.1, -0.05) is 39.3 Å². The molecule has 1 aromatic carbocycles. The van der Waals surface area contributed by atoms with E-state index in [2.05, 4.69) is 6.92 Å². The maximum Gasteiger partial charge on any atom is 0.243 e. The number of likely N-dealkylation sites (N-methyl/N-ethyl adjacent to an activating group) is 1. The first kappa shape index (κ1) is 18.1. The Labute approximate surface area is 129 Å². The smallest absolute Gasteiger partial charge is 0.243 e. The molecule has 1 aromatic rings. The van der Waals surface area contributed by atoms with Crippen molar-refractivity contribution in [2.75, 3.05) is 13.6 Å². The van der Waals surface area contributed by atoms with Crippen LogP contribution >= 0.6 is 0 Å². The van der Waals surface area contributed by atoms with Crippen LogP contribution in [-0.2, 0) is 16.4 Å². The van der Waals surface area contributed by atoms with E-state index in [1.165, 1.54) is 4.31 Å². The minimum atomic E-state index is -3.51. The summed E-state index contributed by atoms with van der Waals surface area (Å²) in [6.45, 7) is 6.39. The van der Waals surface area contributed by atoms with Gasteiger partial charge in [-0.15, -0.1) is 0 Å². The molecule has 0 atom stereocenters. The Hall–Kier alpha value is -0.910. The molecule has 0 bridgehead atoms. The molecule has 21 heavy (non-hydrogen) atoms. The summed E-state index contributed by atoms with van der Waals surface area (Å²) in [4.78, 5) is 0.338. The van der Waals surface area contributed by atoms with Crippen molar-refractivity contribution in [1.82, 2.24) is 4.31 Å². The predicted molar refractivity (Wildman–Crippen MR) is 87.8 cm³/mol. The molecule has 5 heteroatoms. The van der Waals surface area contributed by atoms with Gasteiger partial charge in [0.1, 0.15) is 0 Å². The summed E-state index contributed by atoms with van der Waals surface area (Å²) in [5, 5.41) is 0. The Morgan fingerprint density at radius 2 is 1.62 bits per heavy atom. The molecule has 0 aliphatic heterocycles. The molecule has 1 rings (SSSR count). The zero-order chi connectivity index (χ0) is 16.1. The fourth-order valence-electron chi connectivity index (χ4n) is 2.64. The number of benzene rings is 1. The second-order valence-corrected chi connectivity index (χ2v) is 7.47. The summed E-state index contributed by atoms with van der Waals surface area (Å²) < 4.78 is 27.0. The summed E-state index contributed by atoms with van der Waals surface area (Å²) in [5.41, 5.74) is 6.51. The molecule has 0 aliphatic rings. The number of nitrogens with zero attached hydrogens (tertiary/aromatic N) is 1. The lowest BCUT2D eigenvalue weighted by atomic mass is 9.93. The first-order chi connectivity index (χ1) is 9.87. The second-order valence-electron chi connectivity index (χ2n) is 5.50. The molecule has 0 unspecified atom stereocenters. The van der Waals surface area contributed by atoms with Crippen molar-refractivity contribution in [2.24, 2.45) is 5.73 Å². The Kier molecular flexibility index (Phi) is 6.38. The zero-order valence-electron chi connectivity index (χ0n) is 13.6. The highest BCUT2D eigenvalue weighted by Crippen LogP contribution is 2.28. The topological polar surface area (TPSA) is 63.4 Å². The van der Waals surface area contributed by atoms with Gasteiger partial charge in [-0.05, 0) is 37.0 Å². The molecule has 2 N–H and O–H groups in total. The van der Waals surface area contributed by atoms with Crippen molar-refractivity contribution in [2.45, 2.75) is 56.9 Å². The predicted octanol–water partition coefficient (Wildman–Crippen LogP) is 2.78. The van der Waals surface area contributed by atoms with Crippen LogP contribution < -0.4 is 5.73 Å². The van der Waals surface area contributed by atoms with Gasteiger partial charge in [0.25, 0.3) is 0 Å². The summed E-state index contributed by atoms with van der Waals surface area (Å²) >= 11 is 0. The lowest BCUT2D eigenvalue weighted by molar-refractivity contribution is 0.208. The number of aryl methyl sites for hydroxylation is 1. The molecule has 0 aliphatic carbocycles. The number of nitrogens with two attached hydrogens (primary N) is 1. The van der Waals surface area contributed by atoms with Crippen LogP contribution in [0.2, 0.25) is 0 Å². The van der Waals surface area contributed by atoms with Crippen LogP contribution in [0.5, 0.6) is 0 Å². The normalized spacial score (nSPS) is 12.9.